The molecule has 0 radical (unpaired) electrons. The van der Waals surface area contributed by atoms with E-state index >= 15 is 0 Å². The summed E-state index contributed by atoms with van der Waals surface area (Å²) in [6, 6.07) is 15.5. The van der Waals surface area contributed by atoms with Gasteiger partial charge in [-0.2, -0.15) is 0 Å². The lowest BCUT2D eigenvalue weighted by Crippen LogP contribution is -2.39. The number of nitrogens with zero attached hydrogens (tertiary/aromatic N) is 2. The lowest BCUT2D eigenvalue weighted by Gasteiger charge is -2.26. The second-order valence-electron chi connectivity index (χ2n) is 6.69. The number of halogens is 1. The molecule has 0 amide bonds. The van der Waals surface area contributed by atoms with Crippen molar-refractivity contribution in [2.24, 2.45) is 4.99 Å². The number of hydrogen-bond acceptors (Lipinski definition) is 5. The fraction of sp³-hybridized carbons (Fsp3) is 0.316. The van der Waals surface area contributed by atoms with Crippen LogP contribution in [0.3, 0.4) is 0 Å². The molecule has 2 aliphatic heterocycles. The molecule has 2 heterocycles. The molecule has 7 heteroatoms. The second kappa shape index (κ2) is 6.91. The van der Waals surface area contributed by atoms with Gasteiger partial charge in [0.2, 0.25) is 0 Å². The second-order valence-corrected chi connectivity index (χ2v) is 10.2. The average Bonchev–Trinajstić information content (AvgIpc) is 3.05. The molecule has 1 fully saturated rings. The van der Waals surface area contributed by atoms with Crippen molar-refractivity contribution in [3.63, 3.8) is 0 Å². The Morgan fingerprint density at radius 2 is 2.00 bits per heavy atom. The zero-order chi connectivity index (χ0) is 18.3. The van der Waals surface area contributed by atoms with Gasteiger partial charge in [0, 0.05) is 16.5 Å². The molecule has 0 saturated carbocycles. The SMILES string of the molecule is Cc1ccccc1CSC1=N[C@@H]2CS(=O)(=O)C[C@H]2N1c1cccc(Cl)c1. The quantitative estimate of drug-likeness (QED) is 0.775. The Morgan fingerprint density at radius 3 is 2.77 bits per heavy atom. The Hall–Kier alpha value is -1.50. The van der Waals surface area contributed by atoms with Crippen LogP contribution < -0.4 is 4.90 Å². The van der Waals surface area contributed by atoms with Gasteiger partial charge in [-0.25, -0.2) is 8.42 Å². The van der Waals surface area contributed by atoms with E-state index in [-0.39, 0.29) is 23.6 Å². The van der Waals surface area contributed by atoms with Gasteiger partial charge in [-0.05, 0) is 36.2 Å². The number of benzene rings is 2. The normalized spacial score (nSPS) is 23.8. The van der Waals surface area contributed by atoms with Crippen molar-refractivity contribution >= 4 is 44.1 Å². The van der Waals surface area contributed by atoms with Gasteiger partial charge in [0.15, 0.2) is 15.0 Å². The third-order valence-electron chi connectivity index (χ3n) is 4.81. The molecule has 0 aromatic heterocycles. The van der Waals surface area contributed by atoms with Crippen LogP contribution in [0.5, 0.6) is 0 Å². The molecule has 4 nitrogen and oxygen atoms in total. The maximum Gasteiger partial charge on any atom is 0.164 e. The summed E-state index contributed by atoms with van der Waals surface area (Å²) < 4.78 is 24.2. The van der Waals surface area contributed by atoms with Crippen LogP contribution in [-0.4, -0.2) is 37.2 Å². The Balaban J connectivity index is 1.64. The van der Waals surface area contributed by atoms with Crippen LogP contribution in [0.4, 0.5) is 5.69 Å². The first-order valence-electron chi connectivity index (χ1n) is 8.43. The smallest absolute Gasteiger partial charge is 0.164 e. The van der Waals surface area contributed by atoms with Gasteiger partial charge < -0.3 is 4.90 Å². The number of thioether (sulfide) groups is 1. The standard InChI is InChI=1S/C19H19ClN2O2S2/c1-13-5-2-3-6-14(13)10-25-19-21-17-11-26(23,24)12-18(17)22(19)16-8-4-7-15(20)9-16/h2-9,17-18H,10-12H2,1H3/t17-,18-/m1/s1. The zero-order valence-corrected chi connectivity index (χ0v) is 16.7. The van der Waals surface area contributed by atoms with Crippen molar-refractivity contribution in [2.75, 3.05) is 16.4 Å². The number of fused-ring (bicyclic) bond motifs is 1. The highest BCUT2D eigenvalue weighted by Gasteiger charge is 2.47. The predicted octanol–water partition coefficient (Wildman–Crippen LogP) is 3.92. The maximum atomic E-state index is 12.1. The summed E-state index contributed by atoms with van der Waals surface area (Å²) in [5, 5.41) is 1.51. The molecule has 2 aliphatic rings. The maximum absolute atomic E-state index is 12.1. The molecular formula is C19H19ClN2O2S2. The van der Waals surface area contributed by atoms with Crippen molar-refractivity contribution in [1.29, 1.82) is 0 Å². The van der Waals surface area contributed by atoms with E-state index in [0.717, 1.165) is 16.6 Å². The zero-order valence-electron chi connectivity index (χ0n) is 14.3. The van der Waals surface area contributed by atoms with Crippen molar-refractivity contribution in [3.05, 3.63) is 64.7 Å². The monoisotopic (exact) mass is 406 g/mol. The van der Waals surface area contributed by atoms with Crippen molar-refractivity contribution in [3.8, 4) is 0 Å². The minimum absolute atomic E-state index is 0.128. The van der Waals surface area contributed by atoms with Crippen molar-refractivity contribution in [2.45, 2.75) is 24.8 Å². The molecule has 1 saturated heterocycles. The van der Waals surface area contributed by atoms with Gasteiger partial charge in [-0.15, -0.1) is 0 Å². The van der Waals surface area contributed by atoms with Gasteiger partial charge in [-0.3, -0.25) is 4.99 Å². The van der Waals surface area contributed by atoms with Crippen molar-refractivity contribution in [1.82, 2.24) is 0 Å². The molecular weight excluding hydrogens is 388 g/mol. The molecule has 0 aliphatic carbocycles. The Kier molecular flexibility index (Phi) is 4.75. The molecule has 2 atom stereocenters. The first kappa shape index (κ1) is 17.9. The molecule has 0 unspecified atom stereocenters. The van der Waals surface area contributed by atoms with E-state index in [9.17, 15) is 8.42 Å². The van der Waals surface area contributed by atoms with Gasteiger partial charge >= 0.3 is 0 Å². The molecule has 4 rings (SSSR count). The van der Waals surface area contributed by atoms with E-state index < -0.39 is 9.84 Å². The molecule has 2 aromatic carbocycles. The highest BCUT2D eigenvalue weighted by atomic mass is 35.5. The predicted molar refractivity (Wildman–Crippen MR) is 110 cm³/mol. The van der Waals surface area contributed by atoms with Crippen LogP contribution in [0, 0.1) is 6.92 Å². The van der Waals surface area contributed by atoms with Crippen LogP contribution in [0.25, 0.3) is 0 Å². The number of hydrogen-bond donors (Lipinski definition) is 0. The van der Waals surface area contributed by atoms with E-state index in [0.29, 0.717) is 5.02 Å². The van der Waals surface area contributed by atoms with Gasteiger partial charge in [-0.1, -0.05) is 53.7 Å². The lowest BCUT2D eigenvalue weighted by atomic mass is 10.1. The Morgan fingerprint density at radius 1 is 1.19 bits per heavy atom. The van der Waals surface area contributed by atoms with Crippen LogP contribution in [0.1, 0.15) is 11.1 Å². The average molecular weight is 407 g/mol. The van der Waals surface area contributed by atoms with Crippen molar-refractivity contribution < 1.29 is 8.42 Å². The van der Waals surface area contributed by atoms with E-state index in [1.165, 1.54) is 11.1 Å². The largest absolute Gasteiger partial charge is 0.315 e. The van der Waals surface area contributed by atoms with E-state index in [2.05, 4.69) is 24.0 Å². The highest BCUT2D eigenvalue weighted by molar-refractivity contribution is 8.13. The molecule has 0 bridgehead atoms. The summed E-state index contributed by atoms with van der Waals surface area (Å²) in [5.74, 6) is 1.07. The van der Waals surface area contributed by atoms with Gasteiger partial charge in [0.05, 0.1) is 23.6 Å². The van der Waals surface area contributed by atoms with E-state index in [1.54, 1.807) is 11.8 Å². The van der Waals surface area contributed by atoms with E-state index in [4.69, 9.17) is 16.6 Å². The van der Waals surface area contributed by atoms with Crippen LogP contribution in [-0.2, 0) is 15.6 Å². The van der Waals surface area contributed by atoms with Crippen LogP contribution in [0.15, 0.2) is 53.5 Å². The van der Waals surface area contributed by atoms with Crippen LogP contribution >= 0.6 is 23.4 Å². The Labute approximate surface area is 163 Å². The van der Waals surface area contributed by atoms with Crippen LogP contribution in [0.2, 0.25) is 5.02 Å². The minimum Gasteiger partial charge on any atom is -0.315 e. The first-order chi connectivity index (χ1) is 12.4. The summed E-state index contributed by atoms with van der Waals surface area (Å²) in [7, 11) is -3.04. The molecule has 26 heavy (non-hydrogen) atoms. The van der Waals surface area contributed by atoms with E-state index in [1.807, 2.05) is 36.4 Å². The first-order valence-corrected chi connectivity index (χ1v) is 11.6. The summed E-state index contributed by atoms with van der Waals surface area (Å²) in [6.45, 7) is 2.10. The fourth-order valence-electron chi connectivity index (χ4n) is 3.48. The molecule has 0 N–H and O–H groups in total. The molecule has 2 aromatic rings. The highest BCUT2D eigenvalue weighted by Crippen LogP contribution is 2.36. The third kappa shape index (κ3) is 3.50. The molecule has 0 spiro atoms. The summed E-state index contributed by atoms with van der Waals surface area (Å²) >= 11 is 7.83. The van der Waals surface area contributed by atoms with Gasteiger partial charge in [0.1, 0.15) is 0 Å². The summed E-state index contributed by atoms with van der Waals surface area (Å²) in [6.07, 6.45) is 0. The lowest BCUT2D eigenvalue weighted by molar-refractivity contribution is 0.601. The number of rotatable bonds is 3. The van der Waals surface area contributed by atoms with Gasteiger partial charge in [0.25, 0.3) is 0 Å². The fourth-order valence-corrected chi connectivity index (χ4v) is 6.70. The number of aryl methyl sites for hydroxylation is 1. The topological polar surface area (TPSA) is 49.7 Å². The number of sulfone groups is 1. The number of anilines is 1. The number of aliphatic imine (C=N–C) groups is 1. The summed E-state index contributed by atoms with van der Waals surface area (Å²) in [4.78, 5) is 6.82. The third-order valence-corrected chi connectivity index (χ3v) is 7.76. The number of amidine groups is 1. The molecule has 136 valence electrons. The Bertz CT molecular complexity index is 975. The minimum atomic E-state index is -3.04. The summed E-state index contributed by atoms with van der Waals surface area (Å²) in [5.41, 5.74) is 3.41.